The van der Waals surface area contributed by atoms with Crippen molar-refractivity contribution < 1.29 is 14.1 Å². The van der Waals surface area contributed by atoms with E-state index < -0.39 is 4.92 Å². The second kappa shape index (κ2) is 10.6. The molecule has 0 saturated carbocycles. The highest BCUT2D eigenvalue weighted by Gasteiger charge is 2.30. The van der Waals surface area contributed by atoms with Crippen LogP contribution in [0.3, 0.4) is 0 Å². The van der Waals surface area contributed by atoms with Gasteiger partial charge in [-0.1, -0.05) is 48.5 Å². The Morgan fingerprint density at radius 3 is 2.05 bits per heavy atom. The molecule has 0 unspecified atom stereocenters. The largest absolute Gasteiger partial charge is 0.457 e. The molecule has 0 bridgehead atoms. The third-order valence-electron chi connectivity index (χ3n) is 6.53. The van der Waals surface area contributed by atoms with E-state index in [4.69, 9.17) is 4.42 Å². The summed E-state index contributed by atoms with van der Waals surface area (Å²) in [6, 6.07) is 37.1. The van der Waals surface area contributed by atoms with Crippen LogP contribution in [0, 0.1) is 10.1 Å². The molecule has 1 N–H and O–H groups in total. The van der Waals surface area contributed by atoms with Crippen molar-refractivity contribution in [2.45, 2.75) is 0 Å². The first-order valence-electron chi connectivity index (χ1n) is 12.7. The second-order valence-corrected chi connectivity index (χ2v) is 9.18. The van der Waals surface area contributed by atoms with E-state index in [9.17, 15) is 14.9 Å². The fourth-order valence-electron chi connectivity index (χ4n) is 4.56. The van der Waals surface area contributed by atoms with Gasteiger partial charge in [-0.2, -0.15) is 0 Å². The molecule has 0 atom stereocenters. The van der Waals surface area contributed by atoms with E-state index in [1.54, 1.807) is 35.2 Å². The Balaban J connectivity index is 1.30. The fourth-order valence-corrected chi connectivity index (χ4v) is 4.56. The number of para-hydroxylation sites is 1. The van der Waals surface area contributed by atoms with Crippen molar-refractivity contribution in [3.8, 4) is 11.3 Å². The van der Waals surface area contributed by atoms with Gasteiger partial charge in [0.1, 0.15) is 11.5 Å². The number of carbonyl (C=O) groups excluding carboxylic acids is 1. The van der Waals surface area contributed by atoms with Crippen LogP contribution >= 0.6 is 0 Å². The topological polar surface area (TPSA) is 88.6 Å². The van der Waals surface area contributed by atoms with Crippen molar-refractivity contribution in [3.05, 3.63) is 154 Å². The van der Waals surface area contributed by atoms with Gasteiger partial charge in [-0.3, -0.25) is 19.8 Å². The zero-order chi connectivity index (χ0) is 27.5. The molecule has 0 radical (unpaired) electrons. The Morgan fingerprint density at radius 1 is 0.725 bits per heavy atom. The van der Waals surface area contributed by atoms with Crippen molar-refractivity contribution >= 4 is 40.4 Å². The SMILES string of the molecule is O=C1C(=Cc2ccc(-c3ccc([N+](=O)[O-])cc3)o2)C=C(c2ccccc2)N1c1ccc(Nc2ccccc2)cc1. The average Bonchev–Trinajstić information content (AvgIpc) is 3.59. The van der Waals surface area contributed by atoms with Crippen LogP contribution in [0.5, 0.6) is 0 Å². The molecule has 0 spiro atoms. The molecular formula is C33H23N3O4. The number of non-ortho nitro benzene ring substituents is 1. The molecule has 5 aromatic rings. The number of nitrogens with zero attached hydrogens (tertiary/aromatic N) is 2. The lowest BCUT2D eigenvalue weighted by atomic mass is 10.1. The van der Waals surface area contributed by atoms with Crippen LogP contribution in [0.15, 0.2) is 137 Å². The van der Waals surface area contributed by atoms with E-state index >= 15 is 0 Å². The van der Waals surface area contributed by atoms with Gasteiger partial charge in [0.05, 0.1) is 10.6 Å². The summed E-state index contributed by atoms with van der Waals surface area (Å²) in [5.41, 5.74) is 5.52. The number of benzene rings is 4. The maximum Gasteiger partial charge on any atom is 0.269 e. The summed E-state index contributed by atoms with van der Waals surface area (Å²) in [5, 5.41) is 14.3. The van der Waals surface area contributed by atoms with E-state index in [0.717, 1.165) is 28.3 Å². The van der Waals surface area contributed by atoms with Gasteiger partial charge >= 0.3 is 0 Å². The van der Waals surface area contributed by atoms with Gasteiger partial charge in [-0.05, 0) is 78.4 Å². The smallest absolute Gasteiger partial charge is 0.269 e. The van der Waals surface area contributed by atoms with Gasteiger partial charge in [0.25, 0.3) is 11.6 Å². The lowest BCUT2D eigenvalue weighted by Gasteiger charge is -2.21. The number of furan rings is 1. The van der Waals surface area contributed by atoms with Gasteiger partial charge < -0.3 is 9.73 Å². The molecule has 0 saturated heterocycles. The number of nitro benzene ring substituents is 1. The first-order valence-corrected chi connectivity index (χ1v) is 12.7. The van der Waals surface area contributed by atoms with Gasteiger partial charge in [0.2, 0.25) is 0 Å². The minimum absolute atomic E-state index is 0.0109. The number of rotatable bonds is 7. The monoisotopic (exact) mass is 525 g/mol. The maximum atomic E-state index is 13.7. The van der Waals surface area contributed by atoms with Gasteiger partial charge in [-0.15, -0.1) is 0 Å². The molecule has 0 aliphatic carbocycles. The fraction of sp³-hybridized carbons (Fsp3) is 0. The number of nitro groups is 1. The maximum absolute atomic E-state index is 13.7. The van der Waals surface area contributed by atoms with Crippen molar-refractivity contribution in [1.82, 2.24) is 0 Å². The molecular weight excluding hydrogens is 502 g/mol. The predicted molar refractivity (Wildman–Crippen MR) is 157 cm³/mol. The van der Waals surface area contributed by atoms with Crippen LogP contribution in [-0.4, -0.2) is 10.8 Å². The predicted octanol–water partition coefficient (Wildman–Crippen LogP) is 8.07. The highest BCUT2D eigenvalue weighted by molar-refractivity contribution is 6.23. The normalized spacial score (nSPS) is 13.9. The number of amides is 1. The van der Waals surface area contributed by atoms with E-state index in [2.05, 4.69) is 5.32 Å². The molecule has 4 aromatic carbocycles. The minimum atomic E-state index is -0.441. The van der Waals surface area contributed by atoms with E-state index in [1.165, 1.54) is 12.1 Å². The number of hydrogen-bond donors (Lipinski definition) is 1. The standard InChI is InChI=1S/C33H23N3O4/c37-33-25(21-30-19-20-32(40-30)24-11-15-29(16-12-24)36(38)39)22-31(23-7-3-1-4-8-23)35(33)28-17-13-27(14-18-28)34-26-9-5-2-6-10-26/h1-22,34H. The molecule has 1 aromatic heterocycles. The molecule has 194 valence electrons. The Morgan fingerprint density at radius 2 is 1.38 bits per heavy atom. The molecule has 1 aliphatic rings. The molecule has 6 rings (SSSR count). The zero-order valence-electron chi connectivity index (χ0n) is 21.2. The lowest BCUT2D eigenvalue weighted by molar-refractivity contribution is -0.384. The quantitative estimate of drug-likeness (QED) is 0.132. The second-order valence-electron chi connectivity index (χ2n) is 9.18. The molecule has 2 heterocycles. The number of carbonyl (C=O) groups is 1. The minimum Gasteiger partial charge on any atom is -0.457 e. The third kappa shape index (κ3) is 5.04. The number of nitrogens with one attached hydrogen (secondary N) is 1. The molecule has 1 aliphatic heterocycles. The highest BCUT2D eigenvalue weighted by atomic mass is 16.6. The van der Waals surface area contributed by atoms with Crippen molar-refractivity contribution in [2.24, 2.45) is 0 Å². The van der Waals surface area contributed by atoms with E-state index in [-0.39, 0.29) is 11.6 Å². The summed E-state index contributed by atoms with van der Waals surface area (Å²) in [6.07, 6.45) is 3.58. The highest BCUT2D eigenvalue weighted by Crippen LogP contribution is 2.36. The van der Waals surface area contributed by atoms with Gasteiger partial charge in [0.15, 0.2) is 0 Å². The Kier molecular flexibility index (Phi) is 6.52. The van der Waals surface area contributed by atoms with Crippen molar-refractivity contribution in [1.29, 1.82) is 0 Å². The molecule has 7 nitrogen and oxygen atoms in total. The summed E-state index contributed by atoms with van der Waals surface area (Å²) >= 11 is 0. The average molecular weight is 526 g/mol. The Labute approximate surface area is 230 Å². The first kappa shape index (κ1) is 24.6. The lowest BCUT2D eigenvalue weighted by Crippen LogP contribution is -2.24. The first-order chi connectivity index (χ1) is 19.5. The summed E-state index contributed by atoms with van der Waals surface area (Å²) in [5.74, 6) is 0.887. The zero-order valence-corrected chi connectivity index (χ0v) is 21.2. The Hall–Kier alpha value is -5.69. The van der Waals surface area contributed by atoms with Gasteiger partial charge in [-0.25, -0.2) is 0 Å². The van der Waals surface area contributed by atoms with Crippen LogP contribution in [0.25, 0.3) is 23.1 Å². The van der Waals surface area contributed by atoms with Gasteiger partial charge in [0, 0.05) is 40.3 Å². The van der Waals surface area contributed by atoms with Crippen LogP contribution in [0.2, 0.25) is 0 Å². The number of anilines is 3. The van der Waals surface area contributed by atoms with Crippen LogP contribution < -0.4 is 10.2 Å². The Bertz CT molecular complexity index is 1740. The summed E-state index contributed by atoms with van der Waals surface area (Å²) in [7, 11) is 0. The van der Waals surface area contributed by atoms with E-state index in [1.807, 2.05) is 91.0 Å². The number of hydrogen-bond acceptors (Lipinski definition) is 5. The van der Waals surface area contributed by atoms with Crippen LogP contribution in [0.4, 0.5) is 22.7 Å². The summed E-state index contributed by atoms with van der Waals surface area (Å²) < 4.78 is 5.98. The summed E-state index contributed by atoms with van der Waals surface area (Å²) in [6.45, 7) is 0. The summed E-state index contributed by atoms with van der Waals surface area (Å²) in [4.78, 5) is 25.9. The third-order valence-corrected chi connectivity index (χ3v) is 6.53. The molecule has 7 heteroatoms. The molecule has 40 heavy (non-hydrogen) atoms. The van der Waals surface area contributed by atoms with Crippen molar-refractivity contribution in [2.75, 3.05) is 10.2 Å². The van der Waals surface area contributed by atoms with Crippen molar-refractivity contribution in [3.63, 3.8) is 0 Å². The van der Waals surface area contributed by atoms with Crippen LogP contribution in [-0.2, 0) is 4.79 Å². The van der Waals surface area contributed by atoms with Crippen LogP contribution in [0.1, 0.15) is 11.3 Å². The molecule has 1 amide bonds. The van der Waals surface area contributed by atoms with E-state index in [0.29, 0.717) is 22.7 Å². The molecule has 0 fully saturated rings.